The quantitative estimate of drug-likeness (QED) is 0.251. The van der Waals surface area contributed by atoms with E-state index in [1.54, 1.807) is 7.05 Å². The van der Waals surface area contributed by atoms with Gasteiger partial charge in [-0.15, -0.1) is 24.0 Å². The number of nitrogens with zero attached hydrogens (tertiary/aromatic N) is 6. The van der Waals surface area contributed by atoms with Gasteiger partial charge in [0.25, 0.3) is 0 Å². The maximum atomic E-state index is 12.3. The van der Waals surface area contributed by atoms with Crippen molar-refractivity contribution in [3.05, 3.63) is 5.82 Å². The van der Waals surface area contributed by atoms with Gasteiger partial charge < -0.3 is 15.1 Å². The Morgan fingerprint density at radius 3 is 2.50 bits per heavy atom. The number of anilines is 1. The van der Waals surface area contributed by atoms with Crippen LogP contribution in [0.25, 0.3) is 0 Å². The third-order valence-electron chi connectivity index (χ3n) is 4.28. The van der Waals surface area contributed by atoms with Crippen molar-refractivity contribution in [2.45, 2.75) is 25.9 Å². The van der Waals surface area contributed by atoms with Crippen LogP contribution in [-0.2, 0) is 6.42 Å². The summed E-state index contributed by atoms with van der Waals surface area (Å²) < 4.78 is 41.3. The number of rotatable bonds is 7. The highest BCUT2D eigenvalue weighted by Gasteiger charge is 2.28. The Hall–Kier alpha value is -0.890. The van der Waals surface area contributed by atoms with E-state index in [0.29, 0.717) is 19.5 Å². The van der Waals surface area contributed by atoms with E-state index in [1.807, 2.05) is 6.92 Å². The van der Waals surface area contributed by atoms with Gasteiger partial charge in [-0.3, -0.25) is 9.89 Å². The van der Waals surface area contributed by atoms with E-state index >= 15 is 0 Å². The standard InChI is InChI=1S/C16H28F3N7S.HI/c1-4-13-22-15(27-23-13)26-10-8-25(9-11-26)14(20-2)21-6-5-7-24(3)12-16(17,18)19;/h4-12H2,1-3H3,(H,20,21);1H. The molecule has 1 fully saturated rings. The number of alkyl halides is 3. The fourth-order valence-corrected chi connectivity index (χ4v) is 3.69. The van der Waals surface area contributed by atoms with Crippen molar-refractivity contribution >= 4 is 46.6 Å². The fourth-order valence-electron chi connectivity index (χ4n) is 2.89. The van der Waals surface area contributed by atoms with E-state index in [1.165, 1.54) is 23.5 Å². The lowest BCUT2D eigenvalue weighted by atomic mass is 10.3. The van der Waals surface area contributed by atoms with Crippen LogP contribution in [0.5, 0.6) is 0 Å². The maximum Gasteiger partial charge on any atom is 0.401 e. The molecule has 12 heteroatoms. The van der Waals surface area contributed by atoms with Crippen LogP contribution in [0.3, 0.4) is 0 Å². The highest BCUT2D eigenvalue weighted by Crippen LogP contribution is 2.19. The monoisotopic (exact) mass is 535 g/mol. The summed E-state index contributed by atoms with van der Waals surface area (Å²) in [7, 11) is 3.21. The molecule has 1 saturated heterocycles. The predicted octanol–water partition coefficient (Wildman–Crippen LogP) is 2.30. The molecule has 1 aromatic rings. The van der Waals surface area contributed by atoms with Gasteiger partial charge >= 0.3 is 6.18 Å². The van der Waals surface area contributed by atoms with E-state index < -0.39 is 12.7 Å². The van der Waals surface area contributed by atoms with Crippen LogP contribution >= 0.6 is 35.5 Å². The van der Waals surface area contributed by atoms with Crippen LogP contribution in [-0.4, -0.2) is 91.2 Å². The second kappa shape index (κ2) is 12.0. The summed E-state index contributed by atoms with van der Waals surface area (Å²) in [5.41, 5.74) is 0. The highest BCUT2D eigenvalue weighted by molar-refractivity contribution is 14.0. The first kappa shape index (κ1) is 25.1. The highest BCUT2D eigenvalue weighted by atomic mass is 127. The third kappa shape index (κ3) is 8.23. The summed E-state index contributed by atoms with van der Waals surface area (Å²) in [5.74, 6) is 1.67. The topological polar surface area (TPSA) is 59.9 Å². The van der Waals surface area contributed by atoms with E-state index in [2.05, 4.69) is 29.5 Å². The van der Waals surface area contributed by atoms with E-state index in [9.17, 15) is 13.2 Å². The molecule has 0 radical (unpaired) electrons. The van der Waals surface area contributed by atoms with Crippen molar-refractivity contribution in [1.82, 2.24) is 24.5 Å². The molecule has 0 unspecified atom stereocenters. The van der Waals surface area contributed by atoms with Gasteiger partial charge in [-0.2, -0.15) is 17.5 Å². The van der Waals surface area contributed by atoms with Crippen molar-refractivity contribution in [3.8, 4) is 0 Å². The molecule has 0 aliphatic carbocycles. The minimum Gasteiger partial charge on any atom is -0.356 e. The molecule has 162 valence electrons. The van der Waals surface area contributed by atoms with Crippen LogP contribution in [0.1, 0.15) is 19.2 Å². The van der Waals surface area contributed by atoms with Gasteiger partial charge in [-0.25, -0.2) is 4.98 Å². The zero-order valence-corrected chi connectivity index (χ0v) is 19.6. The van der Waals surface area contributed by atoms with Gasteiger partial charge in [0.05, 0.1) is 6.54 Å². The lowest BCUT2D eigenvalue weighted by molar-refractivity contribution is -0.143. The summed E-state index contributed by atoms with van der Waals surface area (Å²) in [6.45, 7) is 5.44. The zero-order chi connectivity index (χ0) is 19.9. The third-order valence-corrected chi connectivity index (χ3v) is 5.10. The van der Waals surface area contributed by atoms with Crippen LogP contribution in [0.15, 0.2) is 4.99 Å². The zero-order valence-electron chi connectivity index (χ0n) is 16.5. The smallest absolute Gasteiger partial charge is 0.356 e. The molecular formula is C16H29F3IN7S. The Balaban J connectivity index is 0.00000392. The van der Waals surface area contributed by atoms with Crippen molar-refractivity contribution in [1.29, 1.82) is 0 Å². The van der Waals surface area contributed by atoms with Crippen LogP contribution in [0, 0.1) is 0 Å². The van der Waals surface area contributed by atoms with Crippen LogP contribution < -0.4 is 10.2 Å². The first-order valence-corrected chi connectivity index (χ1v) is 9.88. The molecule has 0 spiro atoms. The molecule has 1 N–H and O–H groups in total. The molecule has 7 nitrogen and oxygen atoms in total. The Morgan fingerprint density at radius 2 is 1.96 bits per heavy atom. The summed E-state index contributed by atoms with van der Waals surface area (Å²) >= 11 is 1.44. The molecule has 1 aliphatic heterocycles. The molecule has 2 rings (SSSR count). The van der Waals surface area contributed by atoms with Crippen molar-refractivity contribution in [3.63, 3.8) is 0 Å². The van der Waals surface area contributed by atoms with Gasteiger partial charge in [0.1, 0.15) is 5.82 Å². The van der Waals surface area contributed by atoms with Crippen LogP contribution in [0.2, 0.25) is 0 Å². The largest absolute Gasteiger partial charge is 0.401 e. The van der Waals surface area contributed by atoms with E-state index in [-0.39, 0.29) is 24.0 Å². The number of aryl methyl sites for hydroxylation is 1. The normalized spacial score (nSPS) is 15.8. The van der Waals surface area contributed by atoms with Gasteiger partial charge in [-0.05, 0) is 20.0 Å². The molecule has 0 saturated carbocycles. The second-order valence-corrected chi connectivity index (χ2v) is 7.23. The predicted molar refractivity (Wildman–Crippen MR) is 118 cm³/mol. The Kier molecular flexibility index (Phi) is 10.7. The van der Waals surface area contributed by atoms with Crippen LogP contribution in [0.4, 0.5) is 18.3 Å². The van der Waals surface area contributed by atoms with Gasteiger partial charge in [0, 0.05) is 57.7 Å². The number of aliphatic imine (C=N–C) groups is 1. The number of halogens is 4. The minimum atomic E-state index is -4.15. The number of piperazine rings is 1. The molecule has 0 amide bonds. The molecule has 0 bridgehead atoms. The van der Waals surface area contributed by atoms with Crippen molar-refractivity contribution in [2.75, 3.05) is 64.8 Å². The summed E-state index contributed by atoms with van der Waals surface area (Å²) in [6.07, 6.45) is -2.69. The summed E-state index contributed by atoms with van der Waals surface area (Å²) in [4.78, 5) is 14.5. The first-order chi connectivity index (χ1) is 12.8. The number of hydrogen-bond donors (Lipinski definition) is 1. The average Bonchev–Trinajstić information content (AvgIpc) is 3.10. The Labute approximate surface area is 185 Å². The molecule has 0 atom stereocenters. The number of hydrogen-bond acceptors (Lipinski definition) is 6. The van der Waals surface area contributed by atoms with E-state index in [4.69, 9.17) is 0 Å². The molecule has 28 heavy (non-hydrogen) atoms. The average molecular weight is 535 g/mol. The lowest BCUT2D eigenvalue weighted by Crippen LogP contribution is -2.52. The van der Waals surface area contributed by atoms with Gasteiger partial charge in [-0.1, -0.05) is 6.92 Å². The summed E-state index contributed by atoms with van der Waals surface area (Å²) in [6, 6.07) is 0. The SMILES string of the molecule is CCc1nsc(N2CCN(C(=NC)NCCCN(C)CC(F)(F)F)CC2)n1.I. The molecular weight excluding hydrogens is 506 g/mol. The van der Waals surface area contributed by atoms with Crippen molar-refractivity contribution in [2.24, 2.45) is 4.99 Å². The number of aromatic nitrogens is 2. The van der Waals surface area contributed by atoms with Crippen molar-refractivity contribution < 1.29 is 13.2 Å². The number of guanidine groups is 1. The van der Waals surface area contributed by atoms with Gasteiger partial charge in [0.2, 0.25) is 5.13 Å². The maximum absolute atomic E-state index is 12.3. The second-order valence-electron chi connectivity index (χ2n) is 6.50. The number of nitrogens with one attached hydrogen (secondary N) is 1. The molecule has 2 heterocycles. The summed E-state index contributed by atoms with van der Waals surface area (Å²) in [5, 5.41) is 4.21. The fraction of sp³-hybridized carbons (Fsp3) is 0.812. The Morgan fingerprint density at radius 1 is 1.29 bits per heavy atom. The lowest BCUT2D eigenvalue weighted by Gasteiger charge is -2.36. The van der Waals surface area contributed by atoms with Gasteiger partial charge in [0.15, 0.2) is 5.96 Å². The molecule has 1 aliphatic rings. The minimum absolute atomic E-state index is 0. The molecule has 1 aromatic heterocycles. The molecule has 0 aromatic carbocycles. The first-order valence-electron chi connectivity index (χ1n) is 9.10. The Bertz CT molecular complexity index is 603. The van der Waals surface area contributed by atoms with E-state index in [0.717, 1.165) is 49.5 Å².